The maximum Gasteiger partial charge on any atom is 0.142 e. The van der Waals surface area contributed by atoms with Crippen LogP contribution in [0.3, 0.4) is 0 Å². The Hall–Kier alpha value is -1.07. The molecule has 0 saturated heterocycles. The predicted molar refractivity (Wildman–Crippen MR) is 68.8 cm³/mol. The largest absolute Gasteiger partial charge is 0.495 e. The Labute approximate surface area is 104 Å². The Balaban J connectivity index is 3.30. The molecule has 0 unspecified atom stereocenters. The predicted octanol–water partition coefficient (Wildman–Crippen LogP) is 3.33. The fraction of sp³-hybridized carbons (Fsp3) is 0.500. The van der Waals surface area contributed by atoms with Crippen LogP contribution in [-0.2, 0) is 24.7 Å². The summed E-state index contributed by atoms with van der Waals surface area (Å²) < 4.78 is 25.0. The summed E-state index contributed by atoms with van der Waals surface area (Å²) in [5.41, 5.74) is 1.65. The smallest absolute Gasteiger partial charge is 0.142 e. The van der Waals surface area contributed by atoms with E-state index in [0.717, 1.165) is 5.56 Å². The van der Waals surface area contributed by atoms with Crippen molar-refractivity contribution in [3.05, 3.63) is 23.8 Å². The molecule has 0 atom stereocenters. The van der Waals surface area contributed by atoms with E-state index in [4.69, 9.17) is 4.74 Å². The maximum atomic E-state index is 11.3. The summed E-state index contributed by atoms with van der Waals surface area (Å²) in [4.78, 5) is 0. The minimum Gasteiger partial charge on any atom is -0.495 e. The van der Waals surface area contributed by atoms with Crippen LogP contribution in [0, 0.1) is 0 Å². The van der Waals surface area contributed by atoms with Crippen LogP contribution in [0.15, 0.2) is 22.6 Å². The zero-order valence-electron chi connectivity index (χ0n) is 10.8. The number of benzene rings is 1. The average Bonchev–Trinajstić information content (AvgIpc) is 2.27. The zero-order valence-corrected chi connectivity index (χ0v) is 11.6. The topological polar surface area (TPSA) is 47.9 Å². The molecule has 17 heavy (non-hydrogen) atoms. The van der Waals surface area contributed by atoms with Crippen LogP contribution in [0.2, 0.25) is 0 Å². The average molecular weight is 256 g/mol. The maximum absolute atomic E-state index is 11.3. The highest BCUT2D eigenvalue weighted by molar-refractivity contribution is 7.69. The van der Waals surface area contributed by atoms with Crippen molar-refractivity contribution >= 4 is 16.6 Å². The third-order valence-electron chi connectivity index (χ3n) is 2.36. The molecule has 5 heteroatoms. The molecule has 0 aliphatic rings. The molecule has 0 N–H and O–H groups in total. The van der Waals surface area contributed by atoms with Crippen molar-refractivity contribution in [1.29, 1.82) is 0 Å². The molecule has 1 rings (SSSR count). The lowest BCUT2D eigenvalue weighted by molar-refractivity contribution is 0.414. The van der Waals surface area contributed by atoms with Crippen molar-refractivity contribution in [2.45, 2.75) is 26.2 Å². The third-order valence-corrected chi connectivity index (χ3v) is 2.99. The Bertz CT molecular complexity index is 471. The summed E-state index contributed by atoms with van der Waals surface area (Å²) in [5, 5.41) is 0. The summed E-state index contributed by atoms with van der Waals surface area (Å²) in [6, 6.07) is 5.68. The number of methoxy groups -OCH3 is 1. The number of ether oxygens (including phenoxy) is 1. The van der Waals surface area contributed by atoms with Gasteiger partial charge < -0.3 is 17.5 Å². The summed E-state index contributed by atoms with van der Waals surface area (Å²) in [7, 11) is 1.22. The van der Waals surface area contributed by atoms with Gasteiger partial charge in [-0.2, -0.15) is 0 Å². The lowest BCUT2D eigenvalue weighted by Gasteiger charge is -2.20. The van der Waals surface area contributed by atoms with Gasteiger partial charge in [0.25, 0.3) is 0 Å². The van der Waals surface area contributed by atoms with Crippen molar-refractivity contribution < 1.29 is 13.1 Å². The minimum atomic E-state index is -1.68. The Morgan fingerprint density at radius 3 is 2.35 bits per heavy atom. The van der Waals surface area contributed by atoms with Crippen LogP contribution in [0.5, 0.6) is 5.75 Å². The summed E-state index contributed by atoms with van der Waals surface area (Å²) in [5.74, 6) is 0.586. The van der Waals surface area contributed by atoms with Crippen LogP contribution >= 0.6 is 0 Å². The summed E-state index contributed by atoms with van der Waals surface area (Å²) in [6.45, 7) is 6.31. The van der Waals surface area contributed by atoms with Crippen molar-refractivity contribution in [1.82, 2.24) is 0 Å². The van der Waals surface area contributed by atoms with Gasteiger partial charge in [0.15, 0.2) is 0 Å². The van der Waals surface area contributed by atoms with Crippen LogP contribution in [0.25, 0.3) is 0 Å². The normalized spacial score (nSPS) is 13.7. The second-order valence-corrected chi connectivity index (χ2v) is 5.56. The summed E-state index contributed by atoms with van der Waals surface area (Å²) >= 11 is 0. The van der Waals surface area contributed by atoms with E-state index in [-0.39, 0.29) is 5.41 Å². The first-order valence-electron chi connectivity index (χ1n) is 5.25. The lowest BCUT2D eigenvalue weighted by atomic mass is 9.87. The van der Waals surface area contributed by atoms with E-state index in [1.54, 1.807) is 7.11 Å². The molecule has 0 aliphatic heterocycles. The van der Waals surface area contributed by atoms with Gasteiger partial charge in [0.1, 0.15) is 5.75 Å². The monoisotopic (exact) mass is 256 g/mol. The highest BCUT2D eigenvalue weighted by atomic mass is 32.2. The fourth-order valence-electron chi connectivity index (χ4n) is 1.35. The van der Waals surface area contributed by atoms with Gasteiger partial charge >= 0.3 is 0 Å². The molecule has 0 fully saturated rings. The molecule has 0 aromatic heterocycles. The van der Waals surface area contributed by atoms with Crippen molar-refractivity contribution in [2.24, 2.45) is 4.36 Å². The quantitative estimate of drug-likeness (QED) is 0.779. The van der Waals surface area contributed by atoms with Gasteiger partial charge in [0.05, 0.1) is 12.8 Å². The third kappa shape index (κ3) is 3.71. The van der Waals surface area contributed by atoms with E-state index < -0.39 is 10.9 Å². The second kappa shape index (κ2) is 5.51. The van der Waals surface area contributed by atoms with E-state index in [1.807, 2.05) is 18.2 Å². The highest BCUT2D eigenvalue weighted by Crippen LogP contribution is 2.33. The highest BCUT2D eigenvalue weighted by Gasteiger charge is 2.15. The van der Waals surface area contributed by atoms with Gasteiger partial charge in [-0.1, -0.05) is 37.7 Å². The molecule has 4 nitrogen and oxygen atoms in total. The van der Waals surface area contributed by atoms with Gasteiger partial charge in [0, 0.05) is 7.11 Å². The van der Waals surface area contributed by atoms with E-state index >= 15 is 0 Å². The first-order chi connectivity index (χ1) is 7.88. The Morgan fingerprint density at radius 1 is 1.24 bits per heavy atom. The Morgan fingerprint density at radius 2 is 1.88 bits per heavy atom. The molecular formula is C12H18NO3S-. The van der Waals surface area contributed by atoms with E-state index in [0.29, 0.717) is 11.4 Å². The molecule has 1 aromatic carbocycles. The van der Waals surface area contributed by atoms with Crippen LogP contribution in [-0.4, -0.2) is 14.2 Å². The summed E-state index contributed by atoms with van der Waals surface area (Å²) in [6.07, 6.45) is 0. The van der Waals surface area contributed by atoms with Gasteiger partial charge in [-0.05, 0) is 23.1 Å². The van der Waals surface area contributed by atoms with Gasteiger partial charge in [-0.3, -0.25) is 0 Å². The molecule has 0 amide bonds. The second-order valence-electron chi connectivity index (χ2n) is 4.61. The Kier molecular flexibility index (Phi) is 4.54. The van der Waals surface area contributed by atoms with Crippen LogP contribution < -0.4 is 4.74 Å². The van der Waals surface area contributed by atoms with Crippen molar-refractivity contribution in [2.75, 3.05) is 14.2 Å². The first kappa shape index (κ1) is 14.0. The SMILES string of the molecule is COc1ccc(C(C)(C)C)cc1N=[S-](=O)OC. The molecule has 96 valence electrons. The van der Waals surface area contributed by atoms with Gasteiger partial charge in [-0.25, -0.2) is 0 Å². The number of hydrogen-bond acceptors (Lipinski definition) is 5. The van der Waals surface area contributed by atoms with E-state index in [9.17, 15) is 4.21 Å². The van der Waals surface area contributed by atoms with Crippen molar-refractivity contribution in [3.8, 4) is 5.75 Å². The molecule has 0 bridgehead atoms. The molecule has 0 aliphatic carbocycles. The molecule has 0 saturated carbocycles. The molecule has 0 radical (unpaired) electrons. The van der Waals surface area contributed by atoms with Crippen molar-refractivity contribution in [3.63, 3.8) is 0 Å². The van der Waals surface area contributed by atoms with Gasteiger partial charge in [-0.15, -0.1) is 0 Å². The zero-order chi connectivity index (χ0) is 13.1. The first-order valence-corrected chi connectivity index (χ1v) is 6.28. The van der Waals surface area contributed by atoms with E-state index in [2.05, 4.69) is 29.3 Å². The molecule has 0 heterocycles. The number of nitrogens with zero attached hydrogens (tertiary/aromatic N) is 1. The molecule has 0 spiro atoms. The van der Waals surface area contributed by atoms with Gasteiger partial charge in [0.2, 0.25) is 0 Å². The van der Waals surface area contributed by atoms with Crippen LogP contribution in [0.1, 0.15) is 26.3 Å². The number of rotatable bonds is 3. The minimum absolute atomic E-state index is 0.00506. The lowest BCUT2D eigenvalue weighted by Crippen LogP contribution is -2.10. The van der Waals surface area contributed by atoms with Crippen LogP contribution in [0.4, 0.5) is 5.69 Å². The standard InChI is InChI=1S/C12H18NO3S/c1-12(2,3)9-6-7-11(15-4)10(8-9)13-17(14)16-5/h6-8H,1-5H3/q-1. The number of hydrogen-bond donors (Lipinski definition) is 0. The molecular weight excluding hydrogens is 238 g/mol. The fourth-order valence-corrected chi connectivity index (χ4v) is 1.72. The molecule has 1 aromatic rings. The van der Waals surface area contributed by atoms with E-state index in [1.165, 1.54) is 7.11 Å².